The monoisotopic (exact) mass is 138 g/mol. The van der Waals surface area contributed by atoms with Crippen LogP contribution in [0.1, 0.15) is 32.6 Å². The molecule has 0 radical (unpaired) electrons. The van der Waals surface area contributed by atoms with Crippen molar-refractivity contribution in [2.75, 3.05) is 6.61 Å². The Labute approximate surface area is 62.8 Å². The Balaban J connectivity index is 1.92. The third-order valence-corrected chi connectivity index (χ3v) is 1.91. The van der Waals surface area contributed by atoms with E-state index in [2.05, 4.69) is 12.8 Å². The van der Waals surface area contributed by atoms with E-state index in [1.165, 1.54) is 12.8 Å². The van der Waals surface area contributed by atoms with E-state index in [0.717, 1.165) is 19.4 Å². The number of hydrogen-bond donors (Lipinski definition) is 0. The fourth-order valence-electron chi connectivity index (χ4n) is 0.994. The van der Waals surface area contributed by atoms with E-state index in [0.29, 0.717) is 0 Å². The first-order chi connectivity index (χ1) is 4.77. The summed E-state index contributed by atoms with van der Waals surface area (Å²) in [7, 11) is 0. The zero-order valence-electron chi connectivity index (χ0n) is 6.52. The molecule has 1 heteroatoms. The van der Waals surface area contributed by atoms with Gasteiger partial charge in [0, 0.05) is 6.42 Å². The van der Waals surface area contributed by atoms with Crippen LogP contribution in [0.2, 0.25) is 0 Å². The van der Waals surface area contributed by atoms with Crippen molar-refractivity contribution in [1.82, 2.24) is 0 Å². The van der Waals surface area contributed by atoms with Gasteiger partial charge < -0.3 is 4.74 Å². The minimum atomic E-state index is 0.231. The molecule has 0 aromatic carbocycles. The molecule has 1 aliphatic heterocycles. The van der Waals surface area contributed by atoms with Crippen LogP contribution >= 0.6 is 0 Å². The van der Waals surface area contributed by atoms with Gasteiger partial charge in [0.25, 0.3) is 0 Å². The Bertz CT molecular complexity index is 139. The standard InChI is InChI=1S/C9H14O/c1-3-4-5-6-7-9(2)8-10-9/h1H,4-8H2,2H3. The first-order valence-electron chi connectivity index (χ1n) is 3.84. The summed E-state index contributed by atoms with van der Waals surface area (Å²) in [5.74, 6) is 2.63. The van der Waals surface area contributed by atoms with Crippen LogP contribution in [-0.2, 0) is 4.74 Å². The molecule has 10 heavy (non-hydrogen) atoms. The maximum absolute atomic E-state index is 5.22. The van der Waals surface area contributed by atoms with Gasteiger partial charge in [-0.05, 0) is 26.2 Å². The van der Waals surface area contributed by atoms with E-state index in [1.807, 2.05) is 0 Å². The zero-order valence-corrected chi connectivity index (χ0v) is 6.52. The van der Waals surface area contributed by atoms with Crippen LogP contribution < -0.4 is 0 Å². The molecular weight excluding hydrogens is 124 g/mol. The molecule has 1 saturated heterocycles. The molecule has 0 amide bonds. The Morgan fingerprint density at radius 1 is 1.60 bits per heavy atom. The van der Waals surface area contributed by atoms with E-state index < -0.39 is 0 Å². The molecule has 1 aliphatic rings. The van der Waals surface area contributed by atoms with Crippen LogP contribution in [0.4, 0.5) is 0 Å². The second-order valence-electron chi connectivity index (χ2n) is 3.15. The number of epoxide rings is 1. The molecule has 1 rings (SSSR count). The van der Waals surface area contributed by atoms with Crippen LogP contribution in [0, 0.1) is 12.3 Å². The Morgan fingerprint density at radius 3 is 2.80 bits per heavy atom. The van der Waals surface area contributed by atoms with Crippen LogP contribution in [-0.4, -0.2) is 12.2 Å². The topological polar surface area (TPSA) is 12.5 Å². The first-order valence-corrected chi connectivity index (χ1v) is 3.84. The van der Waals surface area contributed by atoms with E-state index in [-0.39, 0.29) is 5.60 Å². The minimum absolute atomic E-state index is 0.231. The van der Waals surface area contributed by atoms with E-state index in [1.54, 1.807) is 0 Å². The summed E-state index contributed by atoms with van der Waals surface area (Å²) < 4.78 is 5.22. The Hall–Kier alpha value is -0.480. The zero-order chi connectivity index (χ0) is 7.45. The van der Waals surface area contributed by atoms with Crippen molar-refractivity contribution < 1.29 is 4.74 Å². The predicted octanol–water partition coefficient (Wildman–Crippen LogP) is 1.97. The van der Waals surface area contributed by atoms with Gasteiger partial charge in [-0.2, -0.15) is 0 Å². The van der Waals surface area contributed by atoms with Gasteiger partial charge in [0.05, 0.1) is 12.2 Å². The maximum Gasteiger partial charge on any atom is 0.0888 e. The van der Waals surface area contributed by atoms with Crippen LogP contribution in [0.15, 0.2) is 0 Å². The van der Waals surface area contributed by atoms with Crippen molar-refractivity contribution in [3.8, 4) is 12.3 Å². The molecular formula is C9H14O. The average molecular weight is 138 g/mol. The lowest BCUT2D eigenvalue weighted by molar-refractivity contribution is 0.302. The van der Waals surface area contributed by atoms with Gasteiger partial charge in [-0.3, -0.25) is 0 Å². The lowest BCUT2D eigenvalue weighted by Gasteiger charge is -2.01. The second kappa shape index (κ2) is 3.07. The highest BCUT2D eigenvalue weighted by Gasteiger charge is 2.37. The summed E-state index contributed by atoms with van der Waals surface area (Å²) >= 11 is 0. The first kappa shape index (κ1) is 7.63. The third kappa shape index (κ3) is 2.41. The van der Waals surface area contributed by atoms with Crippen LogP contribution in [0.3, 0.4) is 0 Å². The molecule has 0 aromatic heterocycles. The van der Waals surface area contributed by atoms with Crippen LogP contribution in [0.5, 0.6) is 0 Å². The molecule has 0 N–H and O–H groups in total. The quantitative estimate of drug-likeness (QED) is 0.329. The van der Waals surface area contributed by atoms with Crippen molar-refractivity contribution in [3.63, 3.8) is 0 Å². The van der Waals surface area contributed by atoms with Gasteiger partial charge in [-0.15, -0.1) is 12.3 Å². The SMILES string of the molecule is C#CCCCCC1(C)CO1. The molecule has 1 heterocycles. The molecule has 1 atom stereocenters. The third-order valence-electron chi connectivity index (χ3n) is 1.91. The minimum Gasteiger partial charge on any atom is -0.370 e. The van der Waals surface area contributed by atoms with Gasteiger partial charge in [0.1, 0.15) is 0 Å². The summed E-state index contributed by atoms with van der Waals surface area (Å²) in [6.45, 7) is 3.10. The largest absolute Gasteiger partial charge is 0.370 e. The molecule has 1 unspecified atom stereocenters. The van der Waals surface area contributed by atoms with Crippen molar-refractivity contribution in [1.29, 1.82) is 0 Å². The molecule has 0 bridgehead atoms. The highest BCUT2D eigenvalue weighted by Crippen LogP contribution is 2.31. The summed E-state index contributed by atoms with van der Waals surface area (Å²) in [5, 5.41) is 0. The second-order valence-corrected chi connectivity index (χ2v) is 3.15. The lowest BCUT2D eigenvalue weighted by atomic mass is 10.0. The molecule has 0 aromatic rings. The molecule has 0 saturated carbocycles. The fourth-order valence-corrected chi connectivity index (χ4v) is 0.994. The molecule has 56 valence electrons. The van der Waals surface area contributed by atoms with E-state index in [9.17, 15) is 0 Å². The smallest absolute Gasteiger partial charge is 0.0888 e. The molecule has 1 nitrogen and oxygen atoms in total. The Kier molecular flexibility index (Phi) is 2.34. The Morgan fingerprint density at radius 2 is 2.30 bits per heavy atom. The summed E-state index contributed by atoms with van der Waals surface area (Å²) in [6.07, 6.45) is 9.56. The normalized spacial score (nSPS) is 29.6. The number of terminal acetylenes is 1. The van der Waals surface area contributed by atoms with Gasteiger partial charge in [-0.25, -0.2) is 0 Å². The summed E-state index contributed by atoms with van der Waals surface area (Å²) in [6, 6.07) is 0. The number of hydrogen-bond acceptors (Lipinski definition) is 1. The average Bonchev–Trinajstić information content (AvgIpc) is 2.62. The van der Waals surface area contributed by atoms with Crippen molar-refractivity contribution in [3.05, 3.63) is 0 Å². The maximum atomic E-state index is 5.22. The molecule has 1 fully saturated rings. The predicted molar refractivity (Wildman–Crippen MR) is 41.7 cm³/mol. The van der Waals surface area contributed by atoms with Gasteiger partial charge in [-0.1, -0.05) is 0 Å². The van der Waals surface area contributed by atoms with E-state index >= 15 is 0 Å². The van der Waals surface area contributed by atoms with Gasteiger partial charge >= 0.3 is 0 Å². The number of unbranched alkanes of at least 4 members (excludes halogenated alkanes) is 2. The van der Waals surface area contributed by atoms with Gasteiger partial charge in [0.15, 0.2) is 0 Å². The molecule has 0 aliphatic carbocycles. The van der Waals surface area contributed by atoms with Crippen molar-refractivity contribution in [2.45, 2.75) is 38.2 Å². The number of rotatable bonds is 4. The van der Waals surface area contributed by atoms with Crippen molar-refractivity contribution >= 4 is 0 Å². The van der Waals surface area contributed by atoms with E-state index in [4.69, 9.17) is 11.2 Å². The molecule has 0 spiro atoms. The van der Waals surface area contributed by atoms with Crippen LogP contribution in [0.25, 0.3) is 0 Å². The highest BCUT2D eigenvalue weighted by atomic mass is 16.6. The number of ether oxygens (including phenoxy) is 1. The fraction of sp³-hybridized carbons (Fsp3) is 0.778. The lowest BCUT2D eigenvalue weighted by Crippen LogP contribution is -2.02. The van der Waals surface area contributed by atoms with Crippen molar-refractivity contribution in [2.24, 2.45) is 0 Å². The summed E-state index contributed by atoms with van der Waals surface area (Å²) in [5.41, 5.74) is 0.231. The summed E-state index contributed by atoms with van der Waals surface area (Å²) in [4.78, 5) is 0. The van der Waals surface area contributed by atoms with Gasteiger partial charge in [0.2, 0.25) is 0 Å². The highest BCUT2D eigenvalue weighted by molar-refractivity contribution is 4.88.